The van der Waals surface area contributed by atoms with Gasteiger partial charge in [-0.2, -0.15) is 0 Å². The molecule has 142 valence electrons. The summed E-state index contributed by atoms with van der Waals surface area (Å²) < 4.78 is 11.6. The fourth-order valence-electron chi connectivity index (χ4n) is 2.72. The van der Waals surface area contributed by atoms with E-state index in [0.717, 1.165) is 35.6 Å². The molecule has 3 rings (SSSR count). The third kappa shape index (κ3) is 5.43. The summed E-state index contributed by atoms with van der Waals surface area (Å²) in [5, 5.41) is 2.78. The van der Waals surface area contributed by atoms with Gasteiger partial charge in [0.25, 0.3) is 5.91 Å². The van der Waals surface area contributed by atoms with Crippen molar-refractivity contribution in [1.82, 2.24) is 0 Å². The van der Waals surface area contributed by atoms with Gasteiger partial charge in [-0.05, 0) is 72.0 Å². The maximum absolute atomic E-state index is 12.3. The van der Waals surface area contributed by atoms with Crippen molar-refractivity contribution in [2.24, 2.45) is 0 Å². The lowest BCUT2D eigenvalue weighted by Gasteiger charge is -2.28. The van der Waals surface area contributed by atoms with E-state index < -0.39 is 12.1 Å². The molecule has 1 heterocycles. The number of hydrogen-bond acceptors (Lipinski definition) is 5. The van der Waals surface area contributed by atoms with Crippen molar-refractivity contribution in [3.05, 3.63) is 57.7 Å². The Kier molecular flexibility index (Phi) is 6.68. The van der Waals surface area contributed by atoms with Crippen LogP contribution in [0.1, 0.15) is 17.3 Å². The van der Waals surface area contributed by atoms with Gasteiger partial charge in [-0.1, -0.05) is 6.07 Å². The lowest BCUT2D eigenvalue weighted by Crippen LogP contribution is -2.36. The molecule has 6 nitrogen and oxygen atoms in total. The van der Waals surface area contributed by atoms with Crippen LogP contribution in [0.15, 0.2) is 48.5 Å². The van der Waals surface area contributed by atoms with Gasteiger partial charge in [0, 0.05) is 28.0 Å². The first-order valence-electron chi connectivity index (χ1n) is 8.73. The van der Waals surface area contributed by atoms with Crippen LogP contribution in [0.25, 0.3) is 0 Å². The van der Waals surface area contributed by atoms with Crippen molar-refractivity contribution in [3.8, 4) is 0 Å². The molecular weight excluding hydrogens is 459 g/mol. The van der Waals surface area contributed by atoms with Crippen LogP contribution in [0, 0.1) is 3.57 Å². The number of morpholine rings is 1. The highest BCUT2D eigenvalue weighted by Gasteiger charge is 2.19. The summed E-state index contributed by atoms with van der Waals surface area (Å²) in [6.07, 6.45) is -0.894. The van der Waals surface area contributed by atoms with Crippen molar-refractivity contribution in [2.45, 2.75) is 13.0 Å². The van der Waals surface area contributed by atoms with E-state index in [1.807, 2.05) is 30.3 Å². The van der Waals surface area contributed by atoms with E-state index in [4.69, 9.17) is 9.47 Å². The molecule has 0 radical (unpaired) electrons. The van der Waals surface area contributed by atoms with Gasteiger partial charge in [0.1, 0.15) is 0 Å². The zero-order valence-corrected chi connectivity index (χ0v) is 17.1. The van der Waals surface area contributed by atoms with E-state index in [1.165, 1.54) is 0 Å². The average molecular weight is 480 g/mol. The molecule has 0 aliphatic carbocycles. The molecule has 1 aliphatic heterocycles. The number of esters is 1. The largest absolute Gasteiger partial charge is 0.449 e. The van der Waals surface area contributed by atoms with E-state index in [0.29, 0.717) is 11.3 Å². The number of ether oxygens (including phenoxy) is 2. The van der Waals surface area contributed by atoms with E-state index in [2.05, 4.69) is 32.8 Å². The fraction of sp³-hybridized carbons (Fsp3) is 0.300. The number of anilines is 2. The molecule has 1 aliphatic rings. The number of carbonyl (C=O) groups excluding carboxylic acids is 2. The van der Waals surface area contributed by atoms with E-state index in [1.54, 1.807) is 25.1 Å². The van der Waals surface area contributed by atoms with Crippen LogP contribution in [-0.2, 0) is 14.3 Å². The Bertz CT molecular complexity index is 804. The first-order chi connectivity index (χ1) is 13.0. The molecule has 0 spiro atoms. The lowest BCUT2D eigenvalue weighted by atomic mass is 10.2. The SMILES string of the molecule is CC(OC(=O)c1cccc(I)c1)C(=O)Nc1ccc(N2CCOCC2)cc1. The van der Waals surface area contributed by atoms with Crippen LogP contribution >= 0.6 is 22.6 Å². The number of carbonyl (C=O) groups is 2. The van der Waals surface area contributed by atoms with Crippen LogP contribution in [0.5, 0.6) is 0 Å². The summed E-state index contributed by atoms with van der Waals surface area (Å²) in [5.74, 6) is -0.882. The molecule has 27 heavy (non-hydrogen) atoms. The normalized spacial score (nSPS) is 15.1. The Labute approximate surface area is 172 Å². The zero-order chi connectivity index (χ0) is 19.2. The predicted octanol–water partition coefficient (Wildman–Crippen LogP) is 3.31. The number of benzene rings is 2. The highest BCUT2D eigenvalue weighted by molar-refractivity contribution is 14.1. The highest BCUT2D eigenvalue weighted by atomic mass is 127. The van der Waals surface area contributed by atoms with Crippen molar-refractivity contribution < 1.29 is 19.1 Å². The van der Waals surface area contributed by atoms with Crippen LogP contribution in [0.2, 0.25) is 0 Å². The van der Waals surface area contributed by atoms with Gasteiger partial charge in [-0.25, -0.2) is 4.79 Å². The number of rotatable bonds is 5. The molecule has 7 heteroatoms. The number of halogens is 1. The summed E-state index contributed by atoms with van der Waals surface area (Å²) in [4.78, 5) is 26.7. The number of nitrogens with one attached hydrogen (secondary N) is 1. The second-order valence-electron chi connectivity index (χ2n) is 6.19. The topological polar surface area (TPSA) is 67.9 Å². The van der Waals surface area contributed by atoms with Gasteiger partial charge in [0.15, 0.2) is 6.10 Å². The Morgan fingerprint density at radius 2 is 1.85 bits per heavy atom. The molecule has 1 atom stereocenters. The molecule has 1 N–H and O–H groups in total. The van der Waals surface area contributed by atoms with Gasteiger partial charge in [0.2, 0.25) is 0 Å². The molecule has 2 aromatic rings. The maximum Gasteiger partial charge on any atom is 0.338 e. The summed E-state index contributed by atoms with van der Waals surface area (Å²) >= 11 is 2.12. The minimum atomic E-state index is -0.894. The monoisotopic (exact) mass is 480 g/mol. The second kappa shape index (κ2) is 9.18. The van der Waals surface area contributed by atoms with Crippen molar-refractivity contribution in [3.63, 3.8) is 0 Å². The maximum atomic E-state index is 12.3. The smallest absolute Gasteiger partial charge is 0.338 e. The van der Waals surface area contributed by atoms with Gasteiger partial charge >= 0.3 is 5.97 Å². The quantitative estimate of drug-likeness (QED) is 0.526. The molecule has 0 bridgehead atoms. The Morgan fingerprint density at radius 3 is 2.52 bits per heavy atom. The fourth-order valence-corrected chi connectivity index (χ4v) is 3.26. The molecule has 0 aromatic heterocycles. The zero-order valence-electron chi connectivity index (χ0n) is 15.0. The standard InChI is InChI=1S/C20H21IN2O4/c1-14(27-20(25)15-3-2-4-16(21)13-15)19(24)22-17-5-7-18(8-6-17)23-9-11-26-12-10-23/h2-8,13-14H,9-12H2,1H3,(H,22,24). The van der Waals surface area contributed by atoms with E-state index >= 15 is 0 Å². The van der Waals surface area contributed by atoms with Crippen LogP contribution in [0.4, 0.5) is 11.4 Å². The highest BCUT2D eigenvalue weighted by Crippen LogP contribution is 2.19. The molecule has 2 aromatic carbocycles. The van der Waals surface area contributed by atoms with Crippen molar-refractivity contribution in [1.29, 1.82) is 0 Å². The summed E-state index contributed by atoms with van der Waals surface area (Å²) in [7, 11) is 0. The first-order valence-corrected chi connectivity index (χ1v) is 9.81. The van der Waals surface area contributed by atoms with Crippen molar-refractivity contribution >= 4 is 45.8 Å². The second-order valence-corrected chi connectivity index (χ2v) is 7.44. The molecule has 1 saturated heterocycles. The first kappa shape index (κ1) is 19.6. The molecule has 1 amide bonds. The molecule has 1 unspecified atom stereocenters. The van der Waals surface area contributed by atoms with E-state index in [-0.39, 0.29) is 5.91 Å². The Morgan fingerprint density at radius 1 is 1.15 bits per heavy atom. The molecular formula is C20H21IN2O4. The van der Waals surface area contributed by atoms with Gasteiger partial charge < -0.3 is 19.7 Å². The van der Waals surface area contributed by atoms with Crippen LogP contribution in [0.3, 0.4) is 0 Å². The number of nitrogens with zero attached hydrogens (tertiary/aromatic N) is 1. The Balaban J connectivity index is 1.55. The molecule has 0 saturated carbocycles. The van der Waals surface area contributed by atoms with Crippen LogP contribution < -0.4 is 10.2 Å². The third-order valence-corrected chi connectivity index (χ3v) is 4.90. The predicted molar refractivity (Wildman–Crippen MR) is 112 cm³/mol. The summed E-state index contributed by atoms with van der Waals surface area (Å²) in [5.41, 5.74) is 2.18. The summed E-state index contributed by atoms with van der Waals surface area (Å²) in [6.45, 7) is 4.72. The molecule has 1 fully saturated rings. The lowest BCUT2D eigenvalue weighted by molar-refractivity contribution is -0.123. The van der Waals surface area contributed by atoms with Crippen molar-refractivity contribution in [2.75, 3.05) is 36.5 Å². The van der Waals surface area contributed by atoms with Gasteiger partial charge in [-0.3, -0.25) is 4.79 Å². The minimum absolute atomic E-state index is 0.367. The van der Waals surface area contributed by atoms with Gasteiger partial charge in [-0.15, -0.1) is 0 Å². The van der Waals surface area contributed by atoms with Crippen LogP contribution in [-0.4, -0.2) is 44.3 Å². The number of amides is 1. The van der Waals surface area contributed by atoms with Gasteiger partial charge in [0.05, 0.1) is 18.8 Å². The minimum Gasteiger partial charge on any atom is -0.449 e. The Hall–Kier alpha value is -2.13. The number of hydrogen-bond donors (Lipinski definition) is 1. The third-order valence-electron chi connectivity index (χ3n) is 4.22. The summed E-state index contributed by atoms with van der Waals surface area (Å²) in [6, 6.07) is 14.7. The average Bonchev–Trinajstić information content (AvgIpc) is 2.69. The van der Waals surface area contributed by atoms with E-state index in [9.17, 15) is 9.59 Å².